The van der Waals surface area contributed by atoms with Crippen LogP contribution in [-0.4, -0.2) is 24.2 Å². The summed E-state index contributed by atoms with van der Waals surface area (Å²) in [7, 11) is 1.58. The monoisotopic (exact) mass is 486 g/mol. The van der Waals surface area contributed by atoms with Crippen LogP contribution in [0.2, 0.25) is 0 Å². The number of benzene rings is 1. The molecule has 3 rings (SSSR count). The van der Waals surface area contributed by atoms with Crippen LogP contribution in [0.25, 0.3) is 0 Å². The maximum absolute atomic E-state index is 11.8. The Morgan fingerprint density at radius 1 is 1.25 bits per heavy atom. The third-order valence-corrected chi connectivity index (χ3v) is 3.25. The van der Waals surface area contributed by atoms with Gasteiger partial charge in [-0.1, -0.05) is 0 Å². The van der Waals surface area contributed by atoms with Crippen LogP contribution in [0.15, 0.2) is 47.1 Å². The number of carbonyl (C=O) groups excluding carboxylic acids is 1. The maximum atomic E-state index is 11.8. The molecule has 2 atom stereocenters. The predicted octanol–water partition coefficient (Wildman–Crippen LogP) is 1.74. The second-order valence-electron chi connectivity index (χ2n) is 4.31. The molecule has 1 amide bonds. The zero-order chi connectivity index (χ0) is 13.4. The number of amides is 1. The molecule has 1 aliphatic rings. The molecule has 0 saturated carbocycles. The van der Waals surface area contributed by atoms with E-state index in [-0.39, 0.29) is 50.0 Å². The first-order valence-corrected chi connectivity index (χ1v) is 5.91. The molecule has 1 fully saturated rings. The molecule has 1 aliphatic heterocycles. The number of aliphatic hydroxyl groups excluding tert-OH is 1. The number of furan rings is 1. The number of hydrogen-bond donors (Lipinski definition) is 1. The van der Waals surface area contributed by atoms with Crippen molar-refractivity contribution >= 4 is 11.6 Å². The Hall–Kier alpha value is -0.828. The third-order valence-electron chi connectivity index (χ3n) is 3.25. The van der Waals surface area contributed by atoms with Gasteiger partial charge < -0.3 is 14.3 Å². The largest absolute Gasteiger partial charge is 0.497 e. The smallest absolute Gasteiger partial charge is 0.259 e. The second-order valence-corrected chi connectivity index (χ2v) is 4.31. The van der Waals surface area contributed by atoms with Crippen LogP contribution in [0.1, 0.15) is 11.8 Å². The molecule has 6 heteroatoms. The van der Waals surface area contributed by atoms with E-state index in [9.17, 15) is 9.90 Å². The van der Waals surface area contributed by atoms with Crippen molar-refractivity contribution in [3.63, 3.8) is 0 Å². The van der Waals surface area contributed by atoms with E-state index in [1.54, 1.807) is 43.5 Å². The van der Waals surface area contributed by atoms with Gasteiger partial charge >= 0.3 is 0 Å². The molecule has 1 N–H and O–H groups in total. The Morgan fingerprint density at radius 3 is 2.50 bits per heavy atom. The molecule has 5 nitrogen and oxygen atoms in total. The van der Waals surface area contributed by atoms with Crippen molar-refractivity contribution in [3.8, 4) is 5.75 Å². The average Bonchev–Trinajstić information content (AvgIpc) is 2.97. The maximum Gasteiger partial charge on any atom is 0.259 e. The minimum absolute atomic E-state index is 0. The van der Waals surface area contributed by atoms with Crippen molar-refractivity contribution < 1.29 is 63.1 Å². The summed E-state index contributed by atoms with van der Waals surface area (Å²) in [6.45, 7) is 0. The number of hydrogen-bond acceptors (Lipinski definition) is 4. The molecule has 0 spiro atoms. The minimum Gasteiger partial charge on any atom is -0.497 e. The van der Waals surface area contributed by atoms with E-state index in [1.165, 1.54) is 11.2 Å². The molecule has 0 unspecified atom stereocenters. The number of rotatable bonds is 3. The average molecular weight is 486 g/mol. The molecule has 0 bridgehead atoms. The van der Waals surface area contributed by atoms with Crippen molar-refractivity contribution in [1.82, 2.24) is 0 Å². The van der Waals surface area contributed by atoms with Crippen LogP contribution in [0.4, 0.5) is 5.69 Å². The van der Waals surface area contributed by atoms with Crippen molar-refractivity contribution in [1.29, 1.82) is 0 Å². The Morgan fingerprint density at radius 2 is 1.95 bits per heavy atom. The first-order valence-electron chi connectivity index (χ1n) is 5.91. The normalized spacial score (nSPS) is 21.1. The fourth-order valence-electron chi connectivity index (χ4n) is 2.25. The Kier molecular flexibility index (Phi) is 4.90. The summed E-state index contributed by atoms with van der Waals surface area (Å²) in [4.78, 5) is 13.3. The molecule has 1 radical (unpaired) electrons. The van der Waals surface area contributed by atoms with Gasteiger partial charge in [0.25, 0.3) is 5.91 Å². The SMILES string of the molecule is COc1ccc(N2C(=O)[C@H](O)[C@@H]2c2ccco2)cc1.[Ac]. The standard InChI is InChI=1S/C14H13NO4.Ac/c1-18-10-6-4-9(5-7-10)15-12(13(16)14(15)17)11-3-2-8-19-11;/h2-8,12-13,16H,1H3;/t12-,13+;/m0./s1. The van der Waals surface area contributed by atoms with Gasteiger partial charge in [0.05, 0.1) is 13.4 Å². The van der Waals surface area contributed by atoms with Gasteiger partial charge in [-0.15, -0.1) is 0 Å². The zero-order valence-corrected chi connectivity index (χ0v) is 15.6. The molecule has 101 valence electrons. The van der Waals surface area contributed by atoms with Gasteiger partial charge in [-0.2, -0.15) is 0 Å². The van der Waals surface area contributed by atoms with E-state index in [2.05, 4.69) is 0 Å². The van der Waals surface area contributed by atoms with E-state index < -0.39 is 12.1 Å². The van der Waals surface area contributed by atoms with Crippen LogP contribution in [0, 0.1) is 44.1 Å². The quantitative estimate of drug-likeness (QED) is 0.672. The van der Waals surface area contributed by atoms with E-state index in [0.29, 0.717) is 17.2 Å². The molecule has 1 saturated heterocycles. The summed E-state index contributed by atoms with van der Waals surface area (Å²) in [5.41, 5.74) is 0.706. The summed E-state index contributed by atoms with van der Waals surface area (Å²) < 4.78 is 10.4. The predicted molar refractivity (Wildman–Crippen MR) is 67.9 cm³/mol. The fourth-order valence-corrected chi connectivity index (χ4v) is 2.25. The molecule has 1 aromatic heterocycles. The van der Waals surface area contributed by atoms with E-state index in [1.807, 2.05) is 0 Å². The number of anilines is 1. The van der Waals surface area contributed by atoms with E-state index in [0.717, 1.165) is 0 Å². The molecule has 2 heterocycles. The Balaban J connectivity index is 0.00000147. The minimum atomic E-state index is -1.05. The zero-order valence-electron chi connectivity index (χ0n) is 10.9. The first-order chi connectivity index (χ1) is 9.22. The summed E-state index contributed by atoms with van der Waals surface area (Å²) in [5.74, 6) is 0.960. The molecule has 20 heavy (non-hydrogen) atoms. The topological polar surface area (TPSA) is 62.9 Å². The number of ether oxygens (including phenoxy) is 1. The Labute approximate surface area is 152 Å². The van der Waals surface area contributed by atoms with Crippen molar-refractivity contribution in [3.05, 3.63) is 48.4 Å². The summed E-state index contributed by atoms with van der Waals surface area (Å²) in [6, 6.07) is 10.1. The molecule has 1 aromatic carbocycles. The second kappa shape index (κ2) is 6.30. The van der Waals surface area contributed by atoms with Gasteiger partial charge in [-0.05, 0) is 36.4 Å². The van der Waals surface area contributed by atoms with Crippen molar-refractivity contribution in [2.75, 3.05) is 12.0 Å². The van der Waals surface area contributed by atoms with Gasteiger partial charge in [0.15, 0.2) is 6.10 Å². The molecule has 0 aliphatic carbocycles. The van der Waals surface area contributed by atoms with Gasteiger partial charge in [0, 0.05) is 49.7 Å². The van der Waals surface area contributed by atoms with Gasteiger partial charge in [0.1, 0.15) is 17.6 Å². The number of nitrogens with zero attached hydrogens (tertiary/aromatic N) is 1. The van der Waals surface area contributed by atoms with Crippen LogP contribution >= 0.6 is 0 Å². The molecule has 2 aromatic rings. The number of methoxy groups -OCH3 is 1. The van der Waals surface area contributed by atoms with Gasteiger partial charge in [-0.25, -0.2) is 0 Å². The first kappa shape index (κ1) is 15.6. The van der Waals surface area contributed by atoms with E-state index >= 15 is 0 Å². The van der Waals surface area contributed by atoms with E-state index in [4.69, 9.17) is 9.15 Å². The van der Waals surface area contributed by atoms with Crippen LogP contribution in [-0.2, 0) is 4.79 Å². The van der Waals surface area contributed by atoms with Gasteiger partial charge in [0.2, 0.25) is 0 Å². The molecular weight excluding hydrogens is 473 g/mol. The fraction of sp³-hybridized carbons (Fsp3) is 0.214. The molecular formula is C14H13AcNO4. The van der Waals surface area contributed by atoms with Crippen molar-refractivity contribution in [2.24, 2.45) is 0 Å². The summed E-state index contributed by atoms with van der Waals surface area (Å²) >= 11 is 0. The van der Waals surface area contributed by atoms with Crippen LogP contribution in [0.3, 0.4) is 0 Å². The van der Waals surface area contributed by atoms with Crippen LogP contribution in [0.5, 0.6) is 5.75 Å². The number of β-lactam (4-membered cyclic amide) rings is 1. The summed E-state index contributed by atoms with van der Waals surface area (Å²) in [6.07, 6.45) is 0.477. The van der Waals surface area contributed by atoms with Gasteiger partial charge in [-0.3, -0.25) is 9.69 Å². The van der Waals surface area contributed by atoms with Crippen molar-refractivity contribution in [2.45, 2.75) is 12.1 Å². The number of aliphatic hydroxyl groups is 1. The Bertz CT molecular complexity index is 582. The van der Waals surface area contributed by atoms with Crippen LogP contribution < -0.4 is 9.64 Å². The third kappa shape index (κ3) is 2.53. The summed E-state index contributed by atoms with van der Waals surface area (Å²) in [5, 5.41) is 9.80. The number of carbonyl (C=O) groups is 1.